The van der Waals surface area contributed by atoms with Gasteiger partial charge in [-0.3, -0.25) is 14.6 Å². The third-order valence-corrected chi connectivity index (χ3v) is 5.25. The molecule has 3 rings (SSSR count). The molecule has 2 aromatic rings. The molecule has 0 aliphatic heterocycles. The number of hydrogen-bond acceptors (Lipinski definition) is 7. The molecule has 138 valence electrons. The van der Waals surface area contributed by atoms with Crippen molar-refractivity contribution in [2.24, 2.45) is 5.92 Å². The molecular formula is C17H21N5O3S. The van der Waals surface area contributed by atoms with Crippen LogP contribution in [-0.4, -0.2) is 45.6 Å². The van der Waals surface area contributed by atoms with E-state index in [0.717, 1.165) is 23.3 Å². The van der Waals surface area contributed by atoms with Crippen molar-refractivity contribution in [1.82, 2.24) is 20.6 Å². The number of carbonyl (C=O) groups is 2. The first kappa shape index (κ1) is 18.3. The molecule has 1 aliphatic carbocycles. The van der Waals surface area contributed by atoms with Gasteiger partial charge in [0.05, 0.1) is 18.3 Å². The Labute approximate surface area is 154 Å². The zero-order valence-corrected chi connectivity index (χ0v) is 14.9. The maximum absolute atomic E-state index is 12.3. The Balaban J connectivity index is 1.46. The highest BCUT2D eigenvalue weighted by molar-refractivity contribution is 7.17. The molecule has 1 aliphatic rings. The number of carbonyl (C=O) groups excluding carboxylic acids is 2. The largest absolute Gasteiger partial charge is 0.391 e. The lowest BCUT2D eigenvalue weighted by Gasteiger charge is -2.15. The number of amides is 2. The average Bonchev–Trinajstić information content (AvgIpc) is 3.22. The Morgan fingerprint density at radius 2 is 2.08 bits per heavy atom. The summed E-state index contributed by atoms with van der Waals surface area (Å²) in [5.41, 5.74) is 6.62. The highest BCUT2D eigenvalue weighted by Gasteiger charge is 2.37. The van der Waals surface area contributed by atoms with Crippen molar-refractivity contribution in [3.8, 4) is 0 Å². The molecule has 8 nitrogen and oxygen atoms in total. The van der Waals surface area contributed by atoms with Gasteiger partial charge in [0.1, 0.15) is 4.88 Å². The van der Waals surface area contributed by atoms with Crippen molar-refractivity contribution in [2.45, 2.75) is 31.4 Å². The molecule has 0 bridgehead atoms. The first-order valence-corrected chi connectivity index (χ1v) is 9.21. The van der Waals surface area contributed by atoms with E-state index in [0.29, 0.717) is 29.4 Å². The van der Waals surface area contributed by atoms with Crippen LogP contribution in [0.3, 0.4) is 0 Å². The topological polar surface area (TPSA) is 130 Å². The van der Waals surface area contributed by atoms with Gasteiger partial charge >= 0.3 is 0 Å². The molecule has 0 aromatic carbocycles. The lowest BCUT2D eigenvalue weighted by Crippen LogP contribution is -2.39. The predicted molar refractivity (Wildman–Crippen MR) is 97.5 cm³/mol. The number of nitrogen functional groups attached to an aromatic ring is 1. The van der Waals surface area contributed by atoms with Gasteiger partial charge in [-0.05, 0) is 37.0 Å². The van der Waals surface area contributed by atoms with Gasteiger partial charge in [0.15, 0.2) is 5.13 Å². The molecule has 3 atom stereocenters. The maximum atomic E-state index is 12.3. The predicted octanol–water partition coefficient (Wildman–Crippen LogP) is 0.349. The number of thiazole rings is 1. The zero-order valence-electron chi connectivity index (χ0n) is 14.1. The van der Waals surface area contributed by atoms with Crippen LogP contribution in [-0.2, 0) is 11.2 Å². The van der Waals surface area contributed by atoms with Crippen molar-refractivity contribution in [1.29, 1.82) is 0 Å². The fourth-order valence-electron chi connectivity index (χ4n) is 3.04. The van der Waals surface area contributed by atoms with Crippen LogP contribution in [0.4, 0.5) is 5.13 Å². The molecule has 0 saturated heterocycles. The molecule has 26 heavy (non-hydrogen) atoms. The van der Waals surface area contributed by atoms with E-state index in [-0.39, 0.29) is 17.7 Å². The van der Waals surface area contributed by atoms with Crippen molar-refractivity contribution >= 4 is 28.3 Å². The summed E-state index contributed by atoms with van der Waals surface area (Å²) >= 11 is 1.09. The molecule has 9 heteroatoms. The molecule has 2 amide bonds. The summed E-state index contributed by atoms with van der Waals surface area (Å²) < 4.78 is 0. The third-order valence-electron chi connectivity index (χ3n) is 4.43. The minimum atomic E-state index is -0.750. The summed E-state index contributed by atoms with van der Waals surface area (Å²) in [5, 5.41) is 16.1. The van der Waals surface area contributed by atoms with Crippen LogP contribution in [0.1, 0.15) is 28.1 Å². The number of nitrogens with two attached hydrogens (primary N) is 1. The van der Waals surface area contributed by atoms with Gasteiger partial charge in [0.2, 0.25) is 5.91 Å². The van der Waals surface area contributed by atoms with E-state index in [1.165, 1.54) is 6.20 Å². The van der Waals surface area contributed by atoms with Crippen LogP contribution in [0.5, 0.6) is 0 Å². The molecule has 2 heterocycles. The third kappa shape index (κ3) is 4.55. The Hall–Kier alpha value is -2.52. The number of aliphatic hydroxyl groups is 1. The van der Waals surface area contributed by atoms with Crippen molar-refractivity contribution in [2.75, 3.05) is 12.3 Å². The van der Waals surface area contributed by atoms with Gasteiger partial charge in [-0.25, -0.2) is 4.98 Å². The molecule has 5 N–H and O–H groups in total. The van der Waals surface area contributed by atoms with E-state index < -0.39 is 12.1 Å². The SMILES string of the molecule is Nc1ncc(C(=O)N[C@H]2C[C@H](C(=O)NCCc3ccncc3)C[C@@H]2O)s1. The molecular weight excluding hydrogens is 354 g/mol. The quantitative estimate of drug-likeness (QED) is 0.576. The Morgan fingerprint density at radius 3 is 2.77 bits per heavy atom. The van der Waals surface area contributed by atoms with E-state index in [9.17, 15) is 14.7 Å². The number of hydrogen-bond donors (Lipinski definition) is 4. The standard InChI is InChI=1S/C17H21N5O3S/c18-17-21-9-14(26-17)16(25)22-12-7-11(8-13(12)23)15(24)20-6-3-10-1-4-19-5-2-10/h1-2,4-5,9,11-13,23H,3,6-8H2,(H2,18,21)(H,20,24)(H,22,25)/t11-,12-,13-/m0/s1. The maximum Gasteiger partial charge on any atom is 0.263 e. The van der Waals surface area contributed by atoms with Crippen LogP contribution in [0.2, 0.25) is 0 Å². The number of pyridine rings is 1. The first-order chi connectivity index (χ1) is 12.5. The number of aliphatic hydroxyl groups excluding tert-OH is 1. The summed E-state index contributed by atoms with van der Waals surface area (Å²) in [4.78, 5) is 32.6. The number of aromatic nitrogens is 2. The van der Waals surface area contributed by atoms with E-state index in [1.54, 1.807) is 12.4 Å². The lowest BCUT2D eigenvalue weighted by molar-refractivity contribution is -0.125. The van der Waals surface area contributed by atoms with Gasteiger partial charge < -0.3 is 21.5 Å². The first-order valence-electron chi connectivity index (χ1n) is 8.40. The van der Waals surface area contributed by atoms with E-state index in [2.05, 4.69) is 20.6 Å². The van der Waals surface area contributed by atoms with E-state index in [4.69, 9.17) is 5.73 Å². The van der Waals surface area contributed by atoms with Gasteiger partial charge in [-0.1, -0.05) is 11.3 Å². The molecule has 0 unspecified atom stereocenters. The summed E-state index contributed by atoms with van der Waals surface area (Å²) in [6.45, 7) is 0.520. The Bertz CT molecular complexity index is 767. The molecule has 1 fully saturated rings. The Kier molecular flexibility index (Phi) is 5.79. The van der Waals surface area contributed by atoms with E-state index >= 15 is 0 Å². The van der Waals surface area contributed by atoms with Crippen molar-refractivity contribution < 1.29 is 14.7 Å². The van der Waals surface area contributed by atoms with Crippen LogP contribution in [0.15, 0.2) is 30.7 Å². The van der Waals surface area contributed by atoms with Gasteiger partial charge in [0.25, 0.3) is 5.91 Å². The van der Waals surface area contributed by atoms with Gasteiger partial charge in [0, 0.05) is 24.9 Å². The molecule has 1 saturated carbocycles. The Morgan fingerprint density at radius 1 is 1.31 bits per heavy atom. The van der Waals surface area contributed by atoms with Crippen LogP contribution < -0.4 is 16.4 Å². The van der Waals surface area contributed by atoms with E-state index in [1.807, 2.05) is 12.1 Å². The van der Waals surface area contributed by atoms with Gasteiger partial charge in [-0.2, -0.15) is 0 Å². The highest BCUT2D eigenvalue weighted by Crippen LogP contribution is 2.27. The van der Waals surface area contributed by atoms with Crippen molar-refractivity contribution in [3.05, 3.63) is 41.2 Å². The monoisotopic (exact) mass is 375 g/mol. The highest BCUT2D eigenvalue weighted by atomic mass is 32.1. The summed E-state index contributed by atoms with van der Waals surface area (Å²) in [5.74, 6) is -0.752. The van der Waals surface area contributed by atoms with Crippen LogP contribution in [0.25, 0.3) is 0 Å². The summed E-state index contributed by atoms with van der Waals surface area (Å²) in [7, 11) is 0. The number of nitrogens with one attached hydrogen (secondary N) is 2. The summed E-state index contributed by atoms with van der Waals surface area (Å²) in [6.07, 6.45) is 5.54. The van der Waals surface area contributed by atoms with Crippen molar-refractivity contribution in [3.63, 3.8) is 0 Å². The van der Waals surface area contributed by atoms with Crippen LogP contribution >= 0.6 is 11.3 Å². The number of nitrogens with zero attached hydrogens (tertiary/aromatic N) is 2. The lowest BCUT2D eigenvalue weighted by atomic mass is 10.1. The molecule has 0 radical (unpaired) electrons. The van der Waals surface area contributed by atoms with Gasteiger partial charge in [-0.15, -0.1) is 0 Å². The smallest absolute Gasteiger partial charge is 0.263 e. The second kappa shape index (κ2) is 8.24. The second-order valence-corrected chi connectivity index (χ2v) is 7.34. The number of rotatable bonds is 6. The fraction of sp³-hybridized carbons (Fsp3) is 0.412. The minimum Gasteiger partial charge on any atom is -0.391 e. The zero-order chi connectivity index (χ0) is 18.5. The normalized spacial score (nSPS) is 22.1. The fourth-order valence-corrected chi connectivity index (χ4v) is 3.63. The molecule has 2 aromatic heterocycles. The minimum absolute atomic E-state index is 0.100. The molecule has 0 spiro atoms. The summed E-state index contributed by atoms with van der Waals surface area (Å²) in [6, 6.07) is 3.36. The average molecular weight is 375 g/mol. The number of anilines is 1. The van der Waals surface area contributed by atoms with Crippen LogP contribution in [0, 0.1) is 5.92 Å². The second-order valence-electron chi connectivity index (χ2n) is 6.27.